The highest BCUT2D eigenvalue weighted by Crippen LogP contribution is 2.12. The summed E-state index contributed by atoms with van der Waals surface area (Å²) >= 11 is 0. The summed E-state index contributed by atoms with van der Waals surface area (Å²) in [5.74, 6) is 1.68. The predicted octanol–water partition coefficient (Wildman–Crippen LogP) is 3.22. The molecule has 2 rings (SSSR count). The number of guanidine groups is 1. The third-order valence-corrected chi connectivity index (χ3v) is 4.00. The maximum atomic E-state index is 5.25. The van der Waals surface area contributed by atoms with E-state index in [2.05, 4.69) is 53.7 Å². The number of hydrogen-bond donors (Lipinski definition) is 2. The van der Waals surface area contributed by atoms with Crippen molar-refractivity contribution in [2.45, 2.75) is 26.8 Å². The lowest BCUT2D eigenvalue weighted by Crippen LogP contribution is -2.37. The van der Waals surface area contributed by atoms with Gasteiger partial charge in [0.2, 0.25) is 0 Å². The van der Waals surface area contributed by atoms with Gasteiger partial charge in [0.25, 0.3) is 0 Å². The third kappa shape index (κ3) is 5.30. The molecule has 0 unspecified atom stereocenters. The van der Waals surface area contributed by atoms with Gasteiger partial charge in [0.05, 0.1) is 7.11 Å². The maximum Gasteiger partial charge on any atom is 0.191 e. The van der Waals surface area contributed by atoms with Crippen LogP contribution in [0.25, 0.3) is 0 Å². The Hall–Kier alpha value is -2.49. The topological polar surface area (TPSA) is 45.7 Å². The van der Waals surface area contributed by atoms with Crippen LogP contribution in [0.2, 0.25) is 0 Å². The van der Waals surface area contributed by atoms with Gasteiger partial charge in [0.15, 0.2) is 5.96 Å². The van der Waals surface area contributed by atoms with Crippen LogP contribution in [0.15, 0.2) is 47.5 Å². The maximum absolute atomic E-state index is 5.25. The number of nitrogens with one attached hydrogen (secondary N) is 2. The molecule has 0 radical (unpaired) electrons. The first-order chi connectivity index (χ1) is 11.6. The first-order valence-electron chi connectivity index (χ1n) is 8.26. The molecule has 0 aliphatic carbocycles. The second-order valence-electron chi connectivity index (χ2n) is 5.88. The van der Waals surface area contributed by atoms with Gasteiger partial charge in [0.1, 0.15) is 5.75 Å². The number of aliphatic imine (C=N–C) groups is 1. The van der Waals surface area contributed by atoms with Gasteiger partial charge in [-0.2, -0.15) is 0 Å². The lowest BCUT2D eigenvalue weighted by atomic mass is 10.0. The highest BCUT2D eigenvalue weighted by atomic mass is 16.5. The summed E-state index contributed by atoms with van der Waals surface area (Å²) in [5, 5.41) is 6.70. The summed E-state index contributed by atoms with van der Waals surface area (Å²) in [6.45, 7) is 5.85. The summed E-state index contributed by atoms with van der Waals surface area (Å²) in [6.07, 6.45) is 0.978. The standard InChI is InChI=1S/C20H27N3O/c1-15-8-9-18(16(2)12-15)10-11-22-20(21-3)23-14-17-6-5-7-19(13-17)24-4/h5-9,12-13H,10-11,14H2,1-4H3,(H2,21,22,23). The average molecular weight is 325 g/mol. The number of ether oxygens (including phenoxy) is 1. The zero-order valence-corrected chi connectivity index (χ0v) is 15.0. The van der Waals surface area contributed by atoms with Gasteiger partial charge in [-0.15, -0.1) is 0 Å². The molecule has 2 N–H and O–H groups in total. The number of rotatable bonds is 6. The van der Waals surface area contributed by atoms with Crippen LogP contribution in [0.5, 0.6) is 5.75 Å². The Balaban J connectivity index is 1.82. The molecule has 0 aromatic heterocycles. The van der Waals surface area contributed by atoms with E-state index in [1.165, 1.54) is 16.7 Å². The zero-order chi connectivity index (χ0) is 17.4. The second kappa shape index (κ2) is 8.96. The van der Waals surface area contributed by atoms with Gasteiger partial charge in [-0.25, -0.2) is 0 Å². The quantitative estimate of drug-likeness (QED) is 0.633. The highest BCUT2D eigenvalue weighted by Gasteiger charge is 2.02. The molecule has 0 saturated heterocycles. The van der Waals surface area contributed by atoms with Crippen molar-refractivity contribution >= 4 is 5.96 Å². The van der Waals surface area contributed by atoms with Crippen LogP contribution in [0.3, 0.4) is 0 Å². The number of methoxy groups -OCH3 is 1. The molecule has 0 aliphatic heterocycles. The second-order valence-corrected chi connectivity index (χ2v) is 5.88. The smallest absolute Gasteiger partial charge is 0.191 e. The largest absolute Gasteiger partial charge is 0.497 e. The number of nitrogens with zero attached hydrogens (tertiary/aromatic N) is 1. The van der Waals surface area contributed by atoms with Gasteiger partial charge in [-0.1, -0.05) is 35.9 Å². The molecule has 0 atom stereocenters. The van der Waals surface area contributed by atoms with E-state index in [4.69, 9.17) is 4.74 Å². The van der Waals surface area contributed by atoms with Crippen molar-refractivity contribution in [1.29, 1.82) is 0 Å². The Labute approximate surface area is 145 Å². The van der Waals surface area contributed by atoms with Crippen molar-refractivity contribution in [3.05, 3.63) is 64.7 Å². The average Bonchev–Trinajstić information content (AvgIpc) is 2.59. The first-order valence-corrected chi connectivity index (χ1v) is 8.26. The molecular weight excluding hydrogens is 298 g/mol. The molecule has 0 heterocycles. The predicted molar refractivity (Wildman–Crippen MR) is 101 cm³/mol. The van der Waals surface area contributed by atoms with Crippen molar-refractivity contribution in [1.82, 2.24) is 10.6 Å². The van der Waals surface area contributed by atoms with Crippen molar-refractivity contribution in [3.63, 3.8) is 0 Å². The molecule has 4 heteroatoms. The summed E-state index contributed by atoms with van der Waals surface area (Å²) in [5.41, 5.74) is 5.18. The molecule has 0 spiro atoms. The SMILES string of the molecule is CN=C(NCCc1ccc(C)cc1C)NCc1cccc(OC)c1. The normalized spacial score (nSPS) is 11.2. The van der Waals surface area contributed by atoms with Gasteiger partial charge < -0.3 is 15.4 Å². The number of benzene rings is 2. The Morgan fingerprint density at radius 2 is 1.92 bits per heavy atom. The van der Waals surface area contributed by atoms with E-state index < -0.39 is 0 Å². The lowest BCUT2D eigenvalue weighted by molar-refractivity contribution is 0.414. The molecule has 24 heavy (non-hydrogen) atoms. The summed E-state index contributed by atoms with van der Waals surface area (Å²) < 4.78 is 5.25. The van der Waals surface area contributed by atoms with E-state index in [9.17, 15) is 0 Å². The molecule has 0 aliphatic rings. The highest BCUT2D eigenvalue weighted by molar-refractivity contribution is 5.79. The summed E-state index contributed by atoms with van der Waals surface area (Å²) in [4.78, 5) is 4.28. The van der Waals surface area contributed by atoms with E-state index in [0.717, 1.165) is 30.2 Å². The molecule has 128 valence electrons. The molecule has 0 amide bonds. The van der Waals surface area contributed by atoms with Gasteiger partial charge in [-0.05, 0) is 49.1 Å². The van der Waals surface area contributed by atoms with Crippen LogP contribution in [-0.4, -0.2) is 26.7 Å². The molecule has 0 bridgehead atoms. The number of hydrogen-bond acceptors (Lipinski definition) is 2. The van der Waals surface area contributed by atoms with Crippen LogP contribution in [0, 0.1) is 13.8 Å². The fourth-order valence-corrected chi connectivity index (χ4v) is 2.63. The Bertz CT molecular complexity index is 695. The molecule has 2 aromatic rings. The summed E-state index contributed by atoms with van der Waals surface area (Å²) in [6, 6.07) is 14.6. The Morgan fingerprint density at radius 1 is 1.08 bits per heavy atom. The van der Waals surface area contributed by atoms with Crippen molar-refractivity contribution in [3.8, 4) is 5.75 Å². The fraction of sp³-hybridized carbons (Fsp3) is 0.350. The van der Waals surface area contributed by atoms with Crippen molar-refractivity contribution in [2.24, 2.45) is 4.99 Å². The Kier molecular flexibility index (Phi) is 6.67. The van der Waals surface area contributed by atoms with E-state index in [1.807, 2.05) is 18.2 Å². The van der Waals surface area contributed by atoms with E-state index in [1.54, 1.807) is 14.2 Å². The minimum absolute atomic E-state index is 0.709. The third-order valence-electron chi connectivity index (χ3n) is 4.00. The molecule has 0 fully saturated rings. The van der Waals surface area contributed by atoms with Crippen LogP contribution in [0.4, 0.5) is 0 Å². The van der Waals surface area contributed by atoms with Crippen LogP contribution < -0.4 is 15.4 Å². The first kappa shape index (κ1) is 17.9. The van der Waals surface area contributed by atoms with Crippen molar-refractivity contribution < 1.29 is 4.74 Å². The van der Waals surface area contributed by atoms with Crippen LogP contribution >= 0.6 is 0 Å². The van der Waals surface area contributed by atoms with E-state index >= 15 is 0 Å². The van der Waals surface area contributed by atoms with Crippen LogP contribution in [-0.2, 0) is 13.0 Å². The molecular formula is C20H27N3O. The van der Waals surface area contributed by atoms with E-state index in [-0.39, 0.29) is 0 Å². The van der Waals surface area contributed by atoms with Gasteiger partial charge in [0, 0.05) is 20.1 Å². The summed E-state index contributed by atoms with van der Waals surface area (Å²) in [7, 11) is 3.47. The van der Waals surface area contributed by atoms with Crippen molar-refractivity contribution in [2.75, 3.05) is 20.7 Å². The van der Waals surface area contributed by atoms with Crippen LogP contribution in [0.1, 0.15) is 22.3 Å². The lowest BCUT2D eigenvalue weighted by Gasteiger charge is -2.13. The molecule has 4 nitrogen and oxygen atoms in total. The molecule has 0 saturated carbocycles. The Morgan fingerprint density at radius 3 is 2.62 bits per heavy atom. The van der Waals surface area contributed by atoms with Gasteiger partial charge in [-0.3, -0.25) is 4.99 Å². The molecule has 2 aromatic carbocycles. The fourth-order valence-electron chi connectivity index (χ4n) is 2.63. The van der Waals surface area contributed by atoms with E-state index in [0.29, 0.717) is 6.54 Å². The minimum atomic E-state index is 0.709. The van der Waals surface area contributed by atoms with Gasteiger partial charge >= 0.3 is 0 Å². The monoisotopic (exact) mass is 325 g/mol. The minimum Gasteiger partial charge on any atom is -0.497 e. The number of aryl methyl sites for hydroxylation is 2. The zero-order valence-electron chi connectivity index (χ0n) is 15.0.